The summed E-state index contributed by atoms with van der Waals surface area (Å²) in [7, 11) is -3.58. The van der Waals surface area contributed by atoms with E-state index in [-0.39, 0.29) is 4.90 Å². The van der Waals surface area contributed by atoms with Gasteiger partial charge in [-0.1, -0.05) is 23.8 Å². The van der Waals surface area contributed by atoms with Crippen molar-refractivity contribution in [2.75, 3.05) is 10.8 Å². The number of nitrogens with zero attached hydrogens (tertiary/aromatic N) is 2. The van der Waals surface area contributed by atoms with E-state index in [1.807, 2.05) is 13.8 Å². The molecule has 112 valence electrons. The van der Waals surface area contributed by atoms with Crippen LogP contribution in [0, 0.1) is 25.2 Å². The molecule has 1 heterocycles. The average molecular weight is 312 g/mol. The molecule has 0 spiro atoms. The molecule has 0 fully saturated rings. The van der Waals surface area contributed by atoms with E-state index in [1.54, 1.807) is 36.4 Å². The van der Waals surface area contributed by atoms with Crippen molar-refractivity contribution in [1.82, 2.24) is 0 Å². The quantitative estimate of drug-likeness (QED) is 0.856. The molecule has 5 heteroatoms. The molecule has 4 nitrogen and oxygen atoms in total. The summed E-state index contributed by atoms with van der Waals surface area (Å²) in [6.07, 6.45) is 0.574. The molecule has 0 atom stereocenters. The van der Waals surface area contributed by atoms with Gasteiger partial charge in [-0.15, -0.1) is 0 Å². The van der Waals surface area contributed by atoms with E-state index in [0.717, 1.165) is 16.7 Å². The van der Waals surface area contributed by atoms with E-state index >= 15 is 0 Å². The van der Waals surface area contributed by atoms with Crippen LogP contribution in [-0.2, 0) is 16.4 Å². The first-order valence-corrected chi connectivity index (χ1v) is 8.51. The van der Waals surface area contributed by atoms with Crippen molar-refractivity contribution in [3.8, 4) is 6.07 Å². The van der Waals surface area contributed by atoms with E-state index in [9.17, 15) is 13.7 Å². The van der Waals surface area contributed by atoms with Crippen LogP contribution in [-0.4, -0.2) is 15.0 Å². The first kappa shape index (κ1) is 14.6. The predicted octanol–water partition coefficient (Wildman–Crippen LogP) is 2.93. The maximum absolute atomic E-state index is 12.8. The van der Waals surface area contributed by atoms with Crippen molar-refractivity contribution < 1.29 is 8.42 Å². The zero-order valence-corrected chi connectivity index (χ0v) is 13.3. The topological polar surface area (TPSA) is 61.2 Å². The molecule has 3 rings (SSSR count). The lowest BCUT2D eigenvalue weighted by Crippen LogP contribution is -2.29. The monoisotopic (exact) mass is 312 g/mol. The molecule has 0 aliphatic carbocycles. The van der Waals surface area contributed by atoms with Gasteiger partial charge in [0, 0.05) is 6.54 Å². The molecule has 0 amide bonds. The number of aryl methyl sites for hydroxylation is 2. The van der Waals surface area contributed by atoms with Crippen LogP contribution in [0.5, 0.6) is 0 Å². The highest BCUT2D eigenvalue weighted by atomic mass is 32.2. The van der Waals surface area contributed by atoms with Crippen LogP contribution in [0.3, 0.4) is 0 Å². The van der Waals surface area contributed by atoms with Crippen molar-refractivity contribution in [3.05, 3.63) is 58.7 Å². The number of rotatable bonds is 2. The summed E-state index contributed by atoms with van der Waals surface area (Å²) in [6, 6.07) is 12.6. The largest absolute Gasteiger partial charge is 0.266 e. The Morgan fingerprint density at radius 3 is 2.41 bits per heavy atom. The normalized spacial score (nSPS) is 13.8. The Morgan fingerprint density at radius 2 is 1.77 bits per heavy atom. The van der Waals surface area contributed by atoms with E-state index in [0.29, 0.717) is 24.2 Å². The summed E-state index contributed by atoms with van der Waals surface area (Å²) in [5.41, 5.74) is 3.96. The first-order chi connectivity index (χ1) is 10.4. The number of hydrogen-bond donors (Lipinski definition) is 0. The van der Waals surface area contributed by atoms with Crippen molar-refractivity contribution in [3.63, 3.8) is 0 Å². The number of hydrogen-bond acceptors (Lipinski definition) is 3. The first-order valence-electron chi connectivity index (χ1n) is 7.07. The van der Waals surface area contributed by atoms with E-state index in [4.69, 9.17) is 0 Å². The maximum Gasteiger partial charge on any atom is 0.264 e. The molecule has 0 bridgehead atoms. The Bertz CT molecular complexity index is 878. The Labute approximate surface area is 130 Å². The van der Waals surface area contributed by atoms with Gasteiger partial charge in [0.25, 0.3) is 10.0 Å². The highest BCUT2D eigenvalue weighted by molar-refractivity contribution is 7.92. The molecule has 0 unspecified atom stereocenters. The minimum absolute atomic E-state index is 0.282. The summed E-state index contributed by atoms with van der Waals surface area (Å²) in [4.78, 5) is 0.282. The second kappa shape index (κ2) is 5.15. The van der Waals surface area contributed by atoms with Gasteiger partial charge >= 0.3 is 0 Å². The maximum atomic E-state index is 12.8. The molecule has 2 aromatic rings. The fraction of sp³-hybridized carbons (Fsp3) is 0.235. The molecule has 0 radical (unpaired) electrons. The molecule has 1 aliphatic heterocycles. The second-order valence-electron chi connectivity index (χ2n) is 5.51. The van der Waals surface area contributed by atoms with E-state index in [1.165, 1.54) is 4.31 Å². The van der Waals surface area contributed by atoms with Crippen LogP contribution in [0.4, 0.5) is 5.69 Å². The molecule has 0 saturated carbocycles. The summed E-state index contributed by atoms with van der Waals surface area (Å²) >= 11 is 0. The fourth-order valence-corrected chi connectivity index (χ4v) is 4.31. The Kier molecular flexibility index (Phi) is 3.42. The van der Waals surface area contributed by atoms with Gasteiger partial charge in [0.05, 0.1) is 22.2 Å². The number of benzene rings is 2. The molecule has 0 N–H and O–H groups in total. The SMILES string of the molecule is Cc1ccc(S(=O)(=O)N2CCc3c2ccc(C)c3C#N)cc1. The molecule has 1 aliphatic rings. The molecular formula is C17H16N2O2S. The Balaban J connectivity index is 2.10. The predicted molar refractivity (Wildman–Crippen MR) is 85.3 cm³/mol. The molecular weight excluding hydrogens is 296 g/mol. The van der Waals surface area contributed by atoms with Crippen LogP contribution in [0.1, 0.15) is 22.3 Å². The fourth-order valence-electron chi connectivity index (χ4n) is 2.82. The standard InChI is InChI=1S/C17H16N2O2S/c1-12-3-6-14(7-4-12)22(20,21)19-10-9-15-16(11-18)13(2)5-8-17(15)19/h3-8H,9-10H2,1-2H3. The average Bonchev–Trinajstić information content (AvgIpc) is 2.92. The van der Waals surface area contributed by atoms with Gasteiger partial charge in [-0.05, 0) is 49.6 Å². The van der Waals surface area contributed by atoms with E-state index < -0.39 is 10.0 Å². The van der Waals surface area contributed by atoms with Crippen molar-refractivity contribution in [1.29, 1.82) is 5.26 Å². The zero-order valence-electron chi connectivity index (χ0n) is 12.5. The Hall–Kier alpha value is -2.32. The molecule has 0 aromatic heterocycles. The van der Waals surface area contributed by atoms with Gasteiger partial charge in [0.1, 0.15) is 0 Å². The van der Waals surface area contributed by atoms with Gasteiger partial charge in [-0.2, -0.15) is 5.26 Å². The van der Waals surface area contributed by atoms with Crippen molar-refractivity contribution in [2.45, 2.75) is 25.2 Å². The summed E-state index contributed by atoms with van der Waals surface area (Å²) in [6.45, 7) is 4.17. The minimum atomic E-state index is -3.58. The van der Waals surface area contributed by atoms with Gasteiger partial charge in [-0.3, -0.25) is 4.31 Å². The van der Waals surface area contributed by atoms with Gasteiger partial charge < -0.3 is 0 Å². The van der Waals surface area contributed by atoms with Crippen LogP contribution < -0.4 is 4.31 Å². The highest BCUT2D eigenvalue weighted by Crippen LogP contribution is 2.36. The highest BCUT2D eigenvalue weighted by Gasteiger charge is 2.32. The number of sulfonamides is 1. The van der Waals surface area contributed by atoms with Gasteiger partial charge in [-0.25, -0.2) is 8.42 Å². The van der Waals surface area contributed by atoms with Crippen molar-refractivity contribution in [2.24, 2.45) is 0 Å². The van der Waals surface area contributed by atoms with Crippen LogP contribution in [0.2, 0.25) is 0 Å². The number of fused-ring (bicyclic) bond motifs is 1. The van der Waals surface area contributed by atoms with E-state index in [2.05, 4.69) is 6.07 Å². The lowest BCUT2D eigenvalue weighted by molar-refractivity contribution is 0.592. The van der Waals surface area contributed by atoms with Gasteiger partial charge in [0.2, 0.25) is 0 Å². The van der Waals surface area contributed by atoms with Crippen LogP contribution in [0.25, 0.3) is 0 Å². The third-order valence-corrected chi connectivity index (χ3v) is 5.88. The summed E-state index contributed by atoms with van der Waals surface area (Å²) in [5, 5.41) is 9.30. The number of nitriles is 1. The van der Waals surface area contributed by atoms with Crippen molar-refractivity contribution >= 4 is 15.7 Å². The summed E-state index contributed by atoms with van der Waals surface area (Å²) in [5.74, 6) is 0. The molecule has 22 heavy (non-hydrogen) atoms. The lowest BCUT2D eigenvalue weighted by Gasteiger charge is -2.20. The summed E-state index contributed by atoms with van der Waals surface area (Å²) < 4.78 is 27.1. The Morgan fingerprint density at radius 1 is 1.09 bits per heavy atom. The minimum Gasteiger partial charge on any atom is -0.266 e. The third kappa shape index (κ3) is 2.16. The van der Waals surface area contributed by atoms with Crippen LogP contribution >= 0.6 is 0 Å². The zero-order chi connectivity index (χ0) is 15.9. The van der Waals surface area contributed by atoms with Crippen LogP contribution in [0.15, 0.2) is 41.3 Å². The molecule has 2 aromatic carbocycles. The lowest BCUT2D eigenvalue weighted by atomic mass is 10.0. The van der Waals surface area contributed by atoms with Gasteiger partial charge in [0.15, 0.2) is 0 Å². The second-order valence-corrected chi connectivity index (χ2v) is 7.37. The number of anilines is 1. The third-order valence-electron chi connectivity index (χ3n) is 4.05. The molecule has 0 saturated heterocycles. The smallest absolute Gasteiger partial charge is 0.264 e.